The van der Waals surface area contributed by atoms with E-state index in [-0.39, 0.29) is 5.12 Å². The van der Waals surface area contributed by atoms with Gasteiger partial charge in [0.05, 0.1) is 0 Å². The van der Waals surface area contributed by atoms with Crippen molar-refractivity contribution in [3.05, 3.63) is 0 Å². The van der Waals surface area contributed by atoms with Crippen molar-refractivity contribution in [2.75, 3.05) is 30.3 Å². The molecule has 0 aliphatic heterocycles. The molecule has 0 fully saturated rings. The van der Waals surface area contributed by atoms with Gasteiger partial charge in [-0.25, -0.2) is 0 Å². The van der Waals surface area contributed by atoms with Crippen LogP contribution in [-0.4, -0.2) is 35.5 Å². The van der Waals surface area contributed by atoms with Crippen molar-refractivity contribution in [3.63, 3.8) is 0 Å². The minimum Gasteiger partial charge on any atom is -0.330 e. The number of carbonyl (C=O) groups is 1. The van der Waals surface area contributed by atoms with Crippen LogP contribution in [0.3, 0.4) is 0 Å². The van der Waals surface area contributed by atoms with Gasteiger partial charge >= 0.3 is 0 Å². The maximum atomic E-state index is 11.1. The summed E-state index contributed by atoms with van der Waals surface area (Å²) in [5.74, 6) is 2.56. The van der Waals surface area contributed by atoms with Crippen LogP contribution in [0.4, 0.5) is 0 Å². The van der Waals surface area contributed by atoms with Gasteiger partial charge in [-0.2, -0.15) is 0 Å². The van der Waals surface area contributed by atoms with Gasteiger partial charge in [0.15, 0.2) is 5.12 Å². The lowest BCUT2D eigenvalue weighted by Crippen LogP contribution is -2.04. The van der Waals surface area contributed by atoms with E-state index in [1.807, 2.05) is 0 Å². The first-order chi connectivity index (χ1) is 6.31. The molecule has 6 heteroatoms. The third kappa shape index (κ3) is 10.6. The van der Waals surface area contributed by atoms with Gasteiger partial charge in [-0.05, 0) is 0 Å². The van der Waals surface area contributed by atoms with Crippen LogP contribution in [0.2, 0.25) is 0 Å². The maximum absolute atomic E-state index is 11.1. The fourth-order valence-corrected chi connectivity index (χ4v) is 3.10. The monoisotopic (exact) mass is 240 g/mol. The van der Waals surface area contributed by atoms with E-state index < -0.39 is 0 Å². The Labute approximate surface area is 91.5 Å². The highest BCUT2D eigenvalue weighted by Crippen LogP contribution is 2.22. The smallest absolute Gasteiger partial charge is 0.189 e. The molecule has 0 spiro atoms. The Bertz CT molecular complexity index is 135. The number of rotatable bonds is 8. The molecule has 0 saturated carbocycles. The molecule has 0 aromatic heterocycles. The first-order valence-corrected chi connectivity index (χ1v) is 7.58. The normalized spacial score (nSPS) is 10.3. The van der Waals surface area contributed by atoms with Gasteiger partial charge in [-0.3, -0.25) is 4.79 Å². The Hall–Kier alpha value is 0.640. The van der Waals surface area contributed by atoms with Gasteiger partial charge in [0.1, 0.15) is 0 Å². The summed E-state index contributed by atoms with van der Waals surface area (Å²) in [6, 6.07) is 0. The van der Waals surface area contributed by atoms with E-state index in [4.69, 9.17) is 11.5 Å². The van der Waals surface area contributed by atoms with Crippen LogP contribution in [0.25, 0.3) is 0 Å². The summed E-state index contributed by atoms with van der Waals surface area (Å²) in [4.78, 5) is 11.1. The minimum absolute atomic E-state index is 0.242. The predicted molar refractivity (Wildman–Crippen MR) is 65.1 cm³/mol. The first-order valence-electron chi connectivity index (χ1n) is 4.11. The Kier molecular flexibility index (Phi) is 11.2. The van der Waals surface area contributed by atoms with Gasteiger partial charge in [0.2, 0.25) is 0 Å². The van der Waals surface area contributed by atoms with Crippen LogP contribution in [-0.2, 0) is 4.79 Å². The third-order valence-electron chi connectivity index (χ3n) is 1.05. The van der Waals surface area contributed by atoms with Crippen LogP contribution in [0.5, 0.6) is 0 Å². The van der Waals surface area contributed by atoms with Crippen LogP contribution < -0.4 is 11.5 Å². The molecular formula is C7H16N2OS3. The number of thioether (sulfide) groups is 1. The highest BCUT2D eigenvalue weighted by atomic mass is 33.1. The average Bonchev–Trinajstić information content (AvgIpc) is 2.14. The van der Waals surface area contributed by atoms with Gasteiger partial charge < -0.3 is 11.5 Å². The first kappa shape index (κ1) is 13.6. The summed E-state index contributed by atoms with van der Waals surface area (Å²) in [6.07, 6.45) is 0.632. The fraction of sp³-hybridized carbons (Fsp3) is 0.857. The molecule has 4 N–H and O–H groups in total. The molecule has 0 radical (unpaired) electrons. The molecule has 0 heterocycles. The van der Waals surface area contributed by atoms with E-state index in [1.165, 1.54) is 11.8 Å². The zero-order valence-corrected chi connectivity index (χ0v) is 9.98. The van der Waals surface area contributed by atoms with E-state index in [2.05, 4.69) is 0 Å². The third-order valence-corrected chi connectivity index (χ3v) is 4.46. The zero-order valence-electron chi connectivity index (χ0n) is 7.53. The number of hydrogen-bond acceptors (Lipinski definition) is 6. The zero-order chi connectivity index (χ0) is 9.94. The van der Waals surface area contributed by atoms with E-state index in [1.54, 1.807) is 21.6 Å². The standard InChI is InChI=1S/C7H16N2OS3/c8-2-5-11-7(10)1-4-12-13-6-3-9/h1-6,8-9H2. The minimum atomic E-state index is 0.242. The molecule has 0 aromatic carbocycles. The van der Waals surface area contributed by atoms with E-state index >= 15 is 0 Å². The van der Waals surface area contributed by atoms with Gasteiger partial charge in [-0.15, -0.1) is 0 Å². The predicted octanol–water partition coefficient (Wildman–Crippen LogP) is 0.935. The number of hydrogen-bond donors (Lipinski definition) is 2. The molecule has 0 rings (SSSR count). The van der Waals surface area contributed by atoms with Crippen molar-refractivity contribution in [2.45, 2.75) is 6.42 Å². The lowest BCUT2D eigenvalue weighted by Gasteiger charge is -1.99. The average molecular weight is 240 g/mol. The second-order valence-electron chi connectivity index (χ2n) is 2.19. The molecule has 0 aromatic rings. The summed E-state index contributed by atoms with van der Waals surface area (Å²) in [6.45, 7) is 1.28. The lowest BCUT2D eigenvalue weighted by atomic mass is 10.5. The lowest BCUT2D eigenvalue weighted by molar-refractivity contribution is -0.110. The molecule has 3 nitrogen and oxygen atoms in total. The summed E-state index contributed by atoms with van der Waals surface area (Å²) in [5, 5.41) is 0.242. The molecule has 0 saturated heterocycles. The Morgan fingerprint density at radius 2 is 1.62 bits per heavy atom. The van der Waals surface area contributed by atoms with Crippen LogP contribution >= 0.6 is 33.3 Å². The van der Waals surface area contributed by atoms with Crippen molar-refractivity contribution < 1.29 is 4.79 Å². The Morgan fingerprint density at radius 3 is 2.23 bits per heavy atom. The van der Waals surface area contributed by atoms with Crippen LogP contribution in [0, 0.1) is 0 Å². The molecule has 0 aliphatic rings. The summed E-state index contributed by atoms with van der Waals surface area (Å²) in [7, 11) is 3.44. The topological polar surface area (TPSA) is 69.1 Å². The highest BCUT2D eigenvalue weighted by molar-refractivity contribution is 8.76. The molecular weight excluding hydrogens is 224 g/mol. The maximum Gasteiger partial charge on any atom is 0.189 e. The molecule has 0 aliphatic carbocycles. The van der Waals surface area contributed by atoms with Gasteiger partial charge in [-0.1, -0.05) is 33.3 Å². The SMILES string of the molecule is NCCSSCCC(=O)SCCN. The van der Waals surface area contributed by atoms with Crippen LogP contribution in [0.1, 0.15) is 6.42 Å². The van der Waals surface area contributed by atoms with Crippen molar-refractivity contribution in [1.82, 2.24) is 0 Å². The molecule has 0 atom stereocenters. The van der Waals surface area contributed by atoms with Crippen LogP contribution in [0.15, 0.2) is 0 Å². The fourth-order valence-electron chi connectivity index (χ4n) is 0.536. The number of nitrogens with two attached hydrogens (primary N) is 2. The van der Waals surface area contributed by atoms with Crippen molar-refractivity contribution in [1.29, 1.82) is 0 Å². The van der Waals surface area contributed by atoms with E-state index in [0.717, 1.165) is 17.3 Å². The largest absolute Gasteiger partial charge is 0.330 e. The molecule has 0 unspecified atom stereocenters. The quantitative estimate of drug-likeness (QED) is 0.486. The van der Waals surface area contributed by atoms with Crippen molar-refractivity contribution in [2.24, 2.45) is 11.5 Å². The summed E-state index contributed by atoms with van der Waals surface area (Å²) < 4.78 is 0. The van der Waals surface area contributed by atoms with E-state index in [0.29, 0.717) is 19.5 Å². The molecule has 0 amide bonds. The summed E-state index contributed by atoms with van der Waals surface area (Å²) in [5.41, 5.74) is 10.6. The molecule has 0 bridgehead atoms. The second-order valence-corrected chi connectivity index (χ2v) is 6.05. The van der Waals surface area contributed by atoms with Gasteiger partial charge in [0.25, 0.3) is 0 Å². The highest BCUT2D eigenvalue weighted by Gasteiger charge is 2.01. The van der Waals surface area contributed by atoms with Gasteiger partial charge in [0, 0.05) is 36.8 Å². The number of carbonyl (C=O) groups excluding carboxylic acids is 1. The molecule has 78 valence electrons. The van der Waals surface area contributed by atoms with E-state index in [9.17, 15) is 4.79 Å². The van der Waals surface area contributed by atoms with Crippen molar-refractivity contribution >= 4 is 38.5 Å². The Morgan fingerprint density at radius 1 is 1.00 bits per heavy atom. The summed E-state index contributed by atoms with van der Waals surface area (Å²) >= 11 is 1.33. The van der Waals surface area contributed by atoms with Crippen molar-refractivity contribution in [3.8, 4) is 0 Å². The molecule has 13 heavy (non-hydrogen) atoms. The Balaban J connectivity index is 3.08. The second kappa shape index (κ2) is 10.7.